The van der Waals surface area contributed by atoms with Crippen molar-refractivity contribution < 1.29 is 14.6 Å². The summed E-state index contributed by atoms with van der Waals surface area (Å²) in [5.41, 5.74) is 0.590. The lowest BCUT2D eigenvalue weighted by Crippen LogP contribution is -2.04. The molecule has 0 bridgehead atoms. The average Bonchev–Trinajstić information content (AvgIpc) is 2.41. The van der Waals surface area contributed by atoms with Crippen molar-refractivity contribution in [2.45, 2.75) is 0 Å². The lowest BCUT2D eigenvalue weighted by molar-refractivity contribution is 0.0691. The Morgan fingerprint density at radius 1 is 1.26 bits per heavy atom. The minimum Gasteiger partial charge on any atom is -0.497 e. The molecule has 0 atom stereocenters. The normalized spacial score (nSPS) is 10.0. The molecule has 6 heteroatoms. The first-order valence-electron chi connectivity index (χ1n) is 5.41. The van der Waals surface area contributed by atoms with Crippen molar-refractivity contribution in [3.63, 3.8) is 0 Å². The van der Waals surface area contributed by atoms with E-state index in [-0.39, 0.29) is 10.7 Å². The van der Waals surface area contributed by atoms with Gasteiger partial charge in [0.05, 0.1) is 12.1 Å². The smallest absolute Gasteiger partial charge is 0.356 e. The first kappa shape index (κ1) is 13.2. The van der Waals surface area contributed by atoms with Gasteiger partial charge >= 0.3 is 5.97 Å². The van der Waals surface area contributed by atoms with E-state index >= 15 is 0 Å². The van der Waals surface area contributed by atoms with Gasteiger partial charge in [-0.25, -0.2) is 9.78 Å². The van der Waals surface area contributed by atoms with Crippen LogP contribution < -0.4 is 10.1 Å². The fourth-order valence-electron chi connectivity index (χ4n) is 1.48. The molecular weight excluding hydrogens is 268 g/mol. The van der Waals surface area contributed by atoms with Gasteiger partial charge in [-0.2, -0.15) is 0 Å². The summed E-state index contributed by atoms with van der Waals surface area (Å²) in [6.07, 6.45) is 0. The van der Waals surface area contributed by atoms with Crippen molar-refractivity contribution in [1.29, 1.82) is 0 Å². The van der Waals surface area contributed by atoms with E-state index in [9.17, 15) is 4.79 Å². The maximum absolute atomic E-state index is 10.9. The minimum atomic E-state index is -1.16. The standard InChI is InChI=1S/C13H11ClN2O3/c1-19-9-4-2-8(3-5-9)15-11-7-6-10(14)12(16-11)13(17)18/h2-7H,1H3,(H,15,16)(H,17,18). The quantitative estimate of drug-likeness (QED) is 0.899. The molecule has 2 aromatic rings. The van der Waals surface area contributed by atoms with Crippen molar-refractivity contribution in [2.24, 2.45) is 0 Å². The minimum absolute atomic E-state index is 0.104. The topological polar surface area (TPSA) is 71.5 Å². The molecule has 1 heterocycles. The zero-order valence-electron chi connectivity index (χ0n) is 10.1. The maximum atomic E-state index is 10.9. The van der Waals surface area contributed by atoms with E-state index < -0.39 is 5.97 Å². The Balaban J connectivity index is 2.22. The average molecular weight is 279 g/mol. The maximum Gasteiger partial charge on any atom is 0.356 e. The van der Waals surface area contributed by atoms with Crippen LogP contribution in [0.25, 0.3) is 0 Å². The molecule has 0 spiro atoms. The van der Waals surface area contributed by atoms with Crippen LogP contribution in [-0.2, 0) is 0 Å². The van der Waals surface area contributed by atoms with E-state index in [0.717, 1.165) is 11.4 Å². The SMILES string of the molecule is COc1ccc(Nc2ccc(Cl)c(C(=O)O)n2)cc1. The highest BCUT2D eigenvalue weighted by Crippen LogP contribution is 2.21. The van der Waals surface area contributed by atoms with E-state index in [1.165, 1.54) is 6.07 Å². The van der Waals surface area contributed by atoms with Gasteiger partial charge in [0.15, 0.2) is 5.69 Å². The summed E-state index contributed by atoms with van der Waals surface area (Å²) >= 11 is 5.75. The first-order chi connectivity index (χ1) is 9.10. The molecule has 1 aromatic carbocycles. The number of carbonyl (C=O) groups is 1. The highest BCUT2D eigenvalue weighted by atomic mass is 35.5. The van der Waals surface area contributed by atoms with Crippen LogP contribution in [0.15, 0.2) is 36.4 Å². The predicted octanol–water partition coefficient (Wildman–Crippen LogP) is 3.19. The molecule has 0 saturated heterocycles. The summed E-state index contributed by atoms with van der Waals surface area (Å²) in [7, 11) is 1.59. The molecule has 2 rings (SSSR count). The lowest BCUT2D eigenvalue weighted by atomic mass is 10.3. The molecule has 19 heavy (non-hydrogen) atoms. The summed E-state index contributed by atoms with van der Waals surface area (Å²) < 4.78 is 5.05. The molecule has 0 saturated carbocycles. The number of carboxylic acids is 1. The predicted molar refractivity (Wildman–Crippen MR) is 72.5 cm³/mol. The number of nitrogens with zero attached hydrogens (tertiary/aromatic N) is 1. The van der Waals surface area contributed by atoms with Crippen molar-refractivity contribution in [1.82, 2.24) is 4.98 Å². The Kier molecular flexibility index (Phi) is 3.87. The zero-order valence-corrected chi connectivity index (χ0v) is 10.8. The Labute approximate surface area is 114 Å². The Hall–Kier alpha value is -2.27. The molecule has 0 aliphatic carbocycles. The van der Waals surface area contributed by atoms with E-state index in [2.05, 4.69) is 10.3 Å². The van der Waals surface area contributed by atoms with Gasteiger partial charge in [0.25, 0.3) is 0 Å². The van der Waals surface area contributed by atoms with Crippen molar-refractivity contribution in [3.05, 3.63) is 47.1 Å². The van der Waals surface area contributed by atoms with Crippen LogP contribution in [0.1, 0.15) is 10.5 Å². The lowest BCUT2D eigenvalue weighted by Gasteiger charge is -2.07. The summed E-state index contributed by atoms with van der Waals surface area (Å²) in [5, 5.41) is 12.0. The summed E-state index contributed by atoms with van der Waals surface area (Å²) in [5.74, 6) is -0.0174. The largest absolute Gasteiger partial charge is 0.497 e. The molecule has 2 N–H and O–H groups in total. The van der Waals surface area contributed by atoms with Crippen LogP contribution >= 0.6 is 11.6 Å². The Morgan fingerprint density at radius 2 is 1.95 bits per heavy atom. The number of methoxy groups -OCH3 is 1. The third-order valence-corrected chi connectivity index (χ3v) is 2.72. The van der Waals surface area contributed by atoms with Crippen molar-refractivity contribution in [3.8, 4) is 5.75 Å². The van der Waals surface area contributed by atoms with Crippen molar-refractivity contribution in [2.75, 3.05) is 12.4 Å². The number of halogens is 1. The van der Waals surface area contributed by atoms with E-state index in [0.29, 0.717) is 5.82 Å². The second-order valence-corrected chi connectivity index (χ2v) is 4.09. The zero-order chi connectivity index (χ0) is 13.8. The van der Waals surface area contributed by atoms with Gasteiger partial charge in [-0.1, -0.05) is 11.6 Å². The van der Waals surface area contributed by atoms with Gasteiger partial charge < -0.3 is 15.2 Å². The third-order valence-electron chi connectivity index (χ3n) is 2.41. The number of aromatic carboxylic acids is 1. The number of carboxylic acid groups (broad SMARTS) is 1. The number of anilines is 2. The molecule has 1 aromatic heterocycles. The number of hydrogen-bond donors (Lipinski definition) is 2. The Bertz CT molecular complexity index is 599. The molecular formula is C13H11ClN2O3. The second kappa shape index (κ2) is 5.58. The summed E-state index contributed by atoms with van der Waals surface area (Å²) in [6, 6.07) is 10.3. The molecule has 0 aliphatic heterocycles. The summed E-state index contributed by atoms with van der Waals surface area (Å²) in [4.78, 5) is 14.9. The third kappa shape index (κ3) is 3.14. The number of ether oxygens (including phenoxy) is 1. The van der Waals surface area contributed by atoms with Gasteiger partial charge in [0.2, 0.25) is 0 Å². The first-order valence-corrected chi connectivity index (χ1v) is 5.79. The monoisotopic (exact) mass is 278 g/mol. The Morgan fingerprint density at radius 3 is 2.53 bits per heavy atom. The van der Waals surface area contributed by atoms with Crippen LogP contribution in [0.5, 0.6) is 5.75 Å². The number of pyridine rings is 1. The number of rotatable bonds is 4. The molecule has 0 radical (unpaired) electrons. The number of hydrogen-bond acceptors (Lipinski definition) is 4. The molecule has 0 amide bonds. The van der Waals surface area contributed by atoms with Gasteiger partial charge in [0, 0.05) is 5.69 Å². The molecule has 0 unspecified atom stereocenters. The van der Waals surface area contributed by atoms with Crippen LogP contribution in [0.4, 0.5) is 11.5 Å². The number of aromatic nitrogens is 1. The highest BCUT2D eigenvalue weighted by molar-refractivity contribution is 6.33. The second-order valence-electron chi connectivity index (χ2n) is 3.69. The highest BCUT2D eigenvalue weighted by Gasteiger charge is 2.11. The van der Waals surface area contributed by atoms with E-state index in [4.69, 9.17) is 21.4 Å². The van der Waals surface area contributed by atoms with E-state index in [1.54, 1.807) is 37.4 Å². The number of nitrogens with one attached hydrogen (secondary N) is 1. The van der Waals surface area contributed by atoms with Crippen LogP contribution in [0, 0.1) is 0 Å². The molecule has 98 valence electrons. The van der Waals surface area contributed by atoms with Crippen LogP contribution in [-0.4, -0.2) is 23.2 Å². The van der Waals surface area contributed by atoms with Gasteiger partial charge in [-0.15, -0.1) is 0 Å². The van der Waals surface area contributed by atoms with Crippen LogP contribution in [0.3, 0.4) is 0 Å². The van der Waals surface area contributed by atoms with E-state index in [1.807, 2.05) is 0 Å². The molecule has 0 aliphatic rings. The molecule has 5 nitrogen and oxygen atoms in total. The fraction of sp³-hybridized carbons (Fsp3) is 0.0769. The molecule has 0 fully saturated rings. The van der Waals surface area contributed by atoms with Gasteiger partial charge in [0.1, 0.15) is 11.6 Å². The van der Waals surface area contributed by atoms with Gasteiger partial charge in [-0.05, 0) is 36.4 Å². The fourth-order valence-corrected chi connectivity index (χ4v) is 1.67. The number of benzene rings is 1. The van der Waals surface area contributed by atoms with Crippen molar-refractivity contribution >= 4 is 29.1 Å². The van der Waals surface area contributed by atoms with Gasteiger partial charge in [-0.3, -0.25) is 0 Å². The summed E-state index contributed by atoms with van der Waals surface area (Å²) in [6.45, 7) is 0. The van der Waals surface area contributed by atoms with Crippen LogP contribution in [0.2, 0.25) is 5.02 Å².